The fourth-order valence-electron chi connectivity index (χ4n) is 6.65. The second-order valence-corrected chi connectivity index (χ2v) is 15.8. The number of sulfonamides is 1. The van der Waals surface area contributed by atoms with Gasteiger partial charge in [-0.15, -0.1) is 0 Å². The summed E-state index contributed by atoms with van der Waals surface area (Å²) in [6, 6.07) is 8.74. The number of amides is 1. The summed E-state index contributed by atoms with van der Waals surface area (Å²) >= 11 is 0. The quantitative estimate of drug-likeness (QED) is 0.106. The number of nitrogens with one attached hydrogen (secondary N) is 2. The van der Waals surface area contributed by atoms with Gasteiger partial charge in [0, 0.05) is 42.5 Å². The molecule has 11 nitrogen and oxygen atoms in total. The van der Waals surface area contributed by atoms with Crippen molar-refractivity contribution in [2.75, 3.05) is 11.0 Å². The van der Waals surface area contributed by atoms with Crippen LogP contribution in [0.15, 0.2) is 48.5 Å². The molecule has 302 valence electrons. The molecule has 0 saturated carbocycles. The Hall–Kier alpha value is -5.55. The van der Waals surface area contributed by atoms with Gasteiger partial charge in [0.2, 0.25) is 15.9 Å². The minimum atomic E-state index is -4.10. The lowest BCUT2D eigenvalue weighted by atomic mass is 9.89. The molecule has 57 heavy (non-hydrogen) atoms. The summed E-state index contributed by atoms with van der Waals surface area (Å²) in [6.07, 6.45) is -6.06. The highest BCUT2D eigenvalue weighted by molar-refractivity contribution is 7.92. The SMILES string of the molecule is Cn1nc(NS(C)(=O)=O)c2cccc(-c3ccc(C#CC(C)(C)O)nc3C(Cc3cc(F)cc(F)c3)NC(=O)Cn3nc(C(F)F)c4c3C(F)(F)CCC4(F)F)c21. The zero-order valence-electron chi connectivity index (χ0n) is 30.4. The van der Waals surface area contributed by atoms with E-state index in [0.717, 1.165) is 18.4 Å². The Morgan fingerprint density at radius 1 is 0.982 bits per heavy atom. The molecule has 1 unspecified atom stereocenters. The molecular formula is C37H33F8N7O4S. The summed E-state index contributed by atoms with van der Waals surface area (Å²) in [5, 5.41) is 20.8. The van der Waals surface area contributed by atoms with Crippen molar-refractivity contribution in [3.8, 4) is 23.0 Å². The molecule has 0 fully saturated rings. The van der Waals surface area contributed by atoms with Gasteiger partial charge in [-0.05, 0) is 62.1 Å². The Morgan fingerprint density at radius 3 is 2.28 bits per heavy atom. The van der Waals surface area contributed by atoms with Gasteiger partial charge in [-0.25, -0.2) is 39.7 Å². The maximum Gasteiger partial charge on any atom is 0.290 e. The van der Waals surface area contributed by atoms with Crippen LogP contribution in [-0.2, 0) is 46.7 Å². The van der Waals surface area contributed by atoms with Gasteiger partial charge in [-0.1, -0.05) is 18.1 Å². The number of halogens is 8. The summed E-state index contributed by atoms with van der Waals surface area (Å²) in [5.74, 6) is -6.12. The van der Waals surface area contributed by atoms with Crippen molar-refractivity contribution in [2.24, 2.45) is 7.05 Å². The number of alkyl halides is 6. The van der Waals surface area contributed by atoms with Crippen molar-refractivity contribution >= 4 is 32.7 Å². The van der Waals surface area contributed by atoms with Crippen LogP contribution in [0.3, 0.4) is 0 Å². The van der Waals surface area contributed by atoms with Crippen molar-refractivity contribution in [1.82, 2.24) is 29.9 Å². The number of carbonyl (C=O) groups is 1. The zero-order valence-corrected chi connectivity index (χ0v) is 31.3. The first-order valence-corrected chi connectivity index (χ1v) is 18.9. The first-order valence-electron chi connectivity index (χ1n) is 17.0. The number of hydrogen-bond donors (Lipinski definition) is 3. The first-order chi connectivity index (χ1) is 26.4. The number of aryl methyl sites for hydroxylation is 1. The average molecular weight is 824 g/mol. The van der Waals surface area contributed by atoms with Crippen LogP contribution < -0.4 is 10.0 Å². The lowest BCUT2D eigenvalue weighted by Crippen LogP contribution is -2.37. The van der Waals surface area contributed by atoms with Gasteiger partial charge in [-0.3, -0.25) is 18.9 Å². The molecule has 0 aliphatic heterocycles. The number of hydrogen-bond acceptors (Lipinski definition) is 7. The molecular weight excluding hydrogens is 791 g/mol. The normalized spacial score (nSPS) is 15.5. The summed E-state index contributed by atoms with van der Waals surface area (Å²) in [5.41, 5.74) is -5.51. The molecule has 0 spiro atoms. The Labute approximate surface area is 320 Å². The van der Waals surface area contributed by atoms with Gasteiger partial charge in [-0.2, -0.15) is 19.0 Å². The average Bonchev–Trinajstić information content (AvgIpc) is 3.63. The topological polar surface area (TPSA) is 144 Å². The van der Waals surface area contributed by atoms with E-state index in [2.05, 4.69) is 37.1 Å². The smallest absolute Gasteiger partial charge is 0.290 e. The Bertz CT molecular complexity index is 2550. The van der Waals surface area contributed by atoms with Crippen LogP contribution >= 0.6 is 0 Å². The molecule has 3 heterocycles. The molecule has 3 N–H and O–H groups in total. The number of para-hydroxylation sites is 1. The third-order valence-electron chi connectivity index (χ3n) is 8.83. The van der Waals surface area contributed by atoms with Crippen molar-refractivity contribution in [1.29, 1.82) is 0 Å². The number of fused-ring (bicyclic) bond motifs is 2. The van der Waals surface area contributed by atoms with Crippen LogP contribution in [0.5, 0.6) is 0 Å². The highest BCUT2D eigenvalue weighted by Gasteiger charge is 2.55. The highest BCUT2D eigenvalue weighted by Crippen LogP contribution is 2.52. The summed E-state index contributed by atoms with van der Waals surface area (Å²) in [4.78, 5) is 18.5. The van der Waals surface area contributed by atoms with Crippen LogP contribution in [0, 0.1) is 23.5 Å². The van der Waals surface area contributed by atoms with E-state index in [1.807, 2.05) is 0 Å². The van der Waals surface area contributed by atoms with Crippen molar-refractivity contribution in [2.45, 2.75) is 69.6 Å². The fourth-order valence-corrected chi connectivity index (χ4v) is 7.16. The summed E-state index contributed by atoms with van der Waals surface area (Å²) in [7, 11) is -2.29. The molecule has 0 bridgehead atoms. The maximum absolute atomic E-state index is 15.2. The lowest BCUT2D eigenvalue weighted by molar-refractivity contribution is -0.123. The number of pyridine rings is 1. The molecule has 0 radical (unpaired) electrons. The van der Waals surface area contributed by atoms with Crippen molar-refractivity contribution in [3.05, 3.63) is 94.1 Å². The van der Waals surface area contributed by atoms with E-state index >= 15 is 8.78 Å². The largest absolute Gasteiger partial charge is 0.378 e. The number of aromatic nitrogens is 5. The molecule has 0 saturated heterocycles. The third kappa shape index (κ3) is 8.89. The highest BCUT2D eigenvalue weighted by atomic mass is 32.2. The summed E-state index contributed by atoms with van der Waals surface area (Å²) in [6.45, 7) is 1.53. The van der Waals surface area contributed by atoms with Gasteiger partial charge in [0.25, 0.3) is 18.3 Å². The van der Waals surface area contributed by atoms with Gasteiger partial charge in [0.05, 0.1) is 29.1 Å². The summed E-state index contributed by atoms with van der Waals surface area (Å²) < 4.78 is 145. The zero-order chi connectivity index (χ0) is 41.8. The molecule has 3 aromatic heterocycles. The number of rotatable bonds is 10. The molecule has 6 rings (SSSR count). The van der Waals surface area contributed by atoms with Gasteiger partial charge in [0.15, 0.2) is 5.82 Å². The van der Waals surface area contributed by atoms with Crippen molar-refractivity contribution < 1.29 is 53.4 Å². The Kier molecular flexibility index (Phi) is 10.6. The number of carbonyl (C=O) groups excluding carboxylic acids is 1. The van der Waals surface area contributed by atoms with Gasteiger partial charge >= 0.3 is 0 Å². The molecule has 1 atom stereocenters. The molecule has 1 aliphatic carbocycles. The first kappa shape index (κ1) is 41.1. The van der Waals surface area contributed by atoms with E-state index in [0.29, 0.717) is 22.5 Å². The van der Waals surface area contributed by atoms with E-state index in [4.69, 9.17) is 0 Å². The second kappa shape index (κ2) is 14.8. The minimum Gasteiger partial charge on any atom is -0.378 e. The van der Waals surface area contributed by atoms with E-state index < -0.39 is 100 Å². The van der Waals surface area contributed by atoms with Crippen LogP contribution in [0.4, 0.5) is 40.9 Å². The standard InChI is InChI=1S/C37H33F8N7O4S/c1-35(2,54)11-10-22-8-9-23(24-6-5-7-25-31(24)51(3)49-34(25)50-57(4,55)56)29(46-22)26(16-19-14-20(38)17-21(39)15-19)47-27(53)18-52-32-28(30(48-52)33(40)41)36(42,43)12-13-37(32,44)45/h5-9,14-15,17,26,33,54H,12-13,16,18H2,1-4H3,(H,47,53)(H,49,50). The van der Waals surface area contributed by atoms with E-state index in [-0.39, 0.29) is 33.0 Å². The maximum atomic E-state index is 15.2. The van der Waals surface area contributed by atoms with Crippen LogP contribution in [0.25, 0.3) is 22.0 Å². The number of benzene rings is 2. The van der Waals surface area contributed by atoms with Crippen LogP contribution in [0.1, 0.15) is 73.1 Å². The second-order valence-electron chi connectivity index (χ2n) is 14.1. The molecule has 1 aliphatic rings. The fraction of sp³-hybridized carbons (Fsp3) is 0.351. The predicted molar refractivity (Wildman–Crippen MR) is 191 cm³/mol. The minimum absolute atomic E-state index is 0.0155. The van der Waals surface area contributed by atoms with Gasteiger partial charge < -0.3 is 10.4 Å². The molecule has 2 aromatic carbocycles. The molecule has 20 heteroatoms. The molecule has 1 amide bonds. The Balaban J connectivity index is 1.53. The number of aliphatic hydroxyl groups is 1. The van der Waals surface area contributed by atoms with Crippen LogP contribution in [-0.4, -0.2) is 55.8 Å². The monoisotopic (exact) mass is 823 g/mol. The van der Waals surface area contributed by atoms with Gasteiger partial charge in [0.1, 0.15) is 40.9 Å². The lowest BCUT2D eigenvalue weighted by Gasteiger charge is -2.29. The predicted octanol–water partition coefficient (Wildman–Crippen LogP) is 6.62. The third-order valence-corrected chi connectivity index (χ3v) is 9.39. The van der Waals surface area contributed by atoms with E-state index in [1.165, 1.54) is 37.7 Å². The van der Waals surface area contributed by atoms with E-state index in [1.54, 1.807) is 18.2 Å². The van der Waals surface area contributed by atoms with Crippen LogP contribution in [0.2, 0.25) is 0 Å². The Morgan fingerprint density at radius 2 is 1.65 bits per heavy atom. The van der Waals surface area contributed by atoms with E-state index in [9.17, 15) is 44.7 Å². The number of nitrogens with zero attached hydrogens (tertiary/aromatic N) is 5. The number of anilines is 1. The molecule has 5 aromatic rings. The van der Waals surface area contributed by atoms with Crippen molar-refractivity contribution in [3.63, 3.8) is 0 Å².